The molecule has 3 aromatic carbocycles. The van der Waals surface area contributed by atoms with Crippen LogP contribution in [0.5, 0.6) is 17.4 Å². The van der Waals surface area contributed by atoms with Crippen molar-refractivity contribution >= 4 is 10.0 Å². The summed E-state index contributed by atoms with van der Waals surface area (Å²) in [6, 6.07) is 25.6. The van der Waals surface area contributed by atoms with Crippen LogP contribution in [0.2, 0.25) is 0 Å². The number of hydrogen-bond donors (Lipinski definition) is 0. The Morgan fingerprint density at radius 3 is 2.29 bits per heavy atom. The molecule has 0 aliphatic carbocycles. The number of rotatable bonds is 10. The summed E-state index contributed by atoms with van der Waals surface area (Å²) >= 11 is 0. The summed E-state index contributed by atoms with van der Waals surface area (Å²) in [5.74, 6) is 1.71. The zero-order valence-electron chi connectivity index (χ0n) is 21.5. The molecule has 4 aromatic rings. The first kappa shape index (κ1) is 26.0. The molecule has 38 heavy (non-hydrogen) atoms. The molecule has 9 heteroatoms. The van der Waals surface area contributed by atoms with E-state index < -0.39 is 10.0 Å². The van der Waals surface area contributed by atoms with E-state index in [0.717, 1.165) is 18.4 Å². The van der Waals surface area contributed by atoms with Gasteiger partial charge in [-0.1, -0.05) is 48.5 Å². The molecule has 0 unspecified atom stereocenters. The average Bonchev–Trinajstić information content (AvgIpc) is 3.57. The maximum Gasteiger partial charge on any atom is 0.243 e. The Balaban J connectivity index is 1.59. The highest BCUT2D eigenvalue weighted by molar-refractivity contribution is 7.89. The van der Waals surface area contributed by atoms with Gasteiger partial charge in [0.25, 0.3) is 0 Å². The Morgan fingerprint density at radius 1 is 0.974 bits per heavy atom. The summed E-state index contributed by atoms with van der Waals surface area (Å²) in [4.78, 5) is 0.187. The Bertz CT molecular complexity index is 1450. The second kappa shape index (κ2) is 11.4. The molecule has 0 amide bonds. The lowest BCUT2D eigenvalue weighted by Gasteiger charge is -2.25. The average molecular weight is 534 g/mol. The smallest absolute Gasteiger partial charge is 0.243 e. The number of ether oxygens (including phenoxy) is 3. The highest BCUT2D eigenvalue weighted by atomic mass is 32.2. The van der Waals surface area contributed by atoms with Gasteiger partial charge < -0.3 is 14.2 Å². The highest BCUT2D eigenvalue weighted by Crippen LogP contribution is 2.35. The molecule has 5 rings (SSSR count). The van der Waals surface area contributed by atoms with E-state index in [1.807, 2.05) is 60.7 Å². The second-order valence-corrected chi connectivity index (χ2v) is 11.1. The van der Waals surface area contributed by atoms with Crippen LogP contribution in [0.1, 0.15) is 18.4 Å². The molecule has 0 spiro atoms. The topological polar surface area (TPSA) is 82.9 Å². The van der Waals surface area contributed by atoms with Gasteiger partial charge in [0.1, 0.15) is 17.2 Å². The lowest BCUT2D eigenvalue weighted by atomic mass is 10.1. The molecule has 0 radical (unpaired) electrons. The van der Waals surface area contributed by atoms with Gasteiger partial charge in [0.2, 0.25) is 15.9 Å². The predicted molar refractivity (Wildman–Crippen MR) is 145 cm³/mol. The monoisotopic (exact) mass is 533 g/mol. The fraction of sp³-hybridized carbons (Fsp3) is 0.276. The Hall–Kier alpha value is -3.66. The van der Waals surface area contributed by atoms with E-state index in [9.17, 15) is 8.42 Å². The summed E-state index contributed by atoms with van der Waals surface area (Å²) < 4.78 is 48.5. The fourth-order valence-corrected chi connectivity index (χ4v) is 6.03. The SMILES string of the molecule is COc1ccc(S(=O)(=O)N(Cc2c(-c3ccccc3)nn(C)c2Oc2ccccc2)C[C@H]2CCCO2)cc1. The van der Waals surface area contributed by atoms with Crippen LogP contribution >= 0.6 is 0 Å². The third-order valence-corrected chi connectivity index (χ3v) is 8.38. The molecule has 0 saturated carbocycles. The third kappa shape index (κ3) is 5.60. The number of para-hydroxylation sites is 1. The van der Waals surface area contributed by atoms with Crippen molar-refractivity contribution in [2.24, 2.45) is 7.05 Å². The molecule has 2 heterocycles. The summed E-state index contributed by atoms with van der Waals surface area (Å²) in [5, 5.41) is 4.76. The summed E-state index contributed by atoms with van der Waals surface area (Å²) in [6.07, 6.45) is 1.53. The first-order chi connectivity index (χ1) is 18.5. The van der Waals surface area contributed by atoms with Crippen LogP contribution in [0.15, 0.2) is 89.8 Å². The van der Waals surface area contributed by atoms with Gasteiger partial charge in [-0.3, -0.25) is 0 Å². The van der Waals surface area contributed by atoms with E-state index in [1.165, 1.54) is 4.31 Å². The number of aryl methyl sites for hydroxylation is 1. The van der Waals surface area contributed by atoms with Gasteiger partial charge in [0, 0.05) is 32.3 Å². The molecule has 8 nitrogen and oxygen atoms in total. The quantitative estimate of drug-likeness (QED) is 0.277. The Kier molecular flexibility index (Phi) is 7.78. The van der Waals surface area contributed by atoms with E-state index in [2.05, 4.69) is 0 Å². The highest BCUT2D eigenvalue weighted by Gasteiger charge is 2.32. The minimum atomic E-state index is -3.89. The van der Waals surface area contributed by atoms with E-state index in [0.29, 0.717) is 35.2 Å². The summed E-state index contributed by atoms with van der Waals surface area (Å²) in [7, 11) is -0.533. The lowest BCUT2D eigenvalue weighted by Crippen LogP contribution is -2.37. The van der Waals surface area contributed by atoms with Gasteiger partial charge in [0.15, 0.2) is 0 Å². The lowest BCUT2D eigenvalue weighted by molar-refractivity contribution is 0.0925. The molecule has 1 atom stereocenters. The molecule has 0 N–H and O–H groups in total. The van der Waals surface area contributed by atoms with Crippen LogP contribution in [0.4, 0.5) is 0 Å². The van der Waals surface area contributed by atoms with Crippen LogP contribution in [0, 0.1) is 0 Å². The summed E-state index contributed by atoms with van der Waals surface area (Å²) in [6.45, 7) is 0.919. The van der Waals surface area contributed by atoms with Gasteiger partial charge in [-0.05, 0) is 49.2 Å². The molecule has 0 bridgehead atoms. The maximum absolute atomic E-state index is 14.0. The minimum absolute atomic E-state index is 0.0639. The molecular weight excluding hydrogens is 502 g/mol. The fourth-order valence-electron chi connectivity index (χ4n) is 4.59. The molecular formula is C29H31N3O5S. The van der Waals surface area contributed by atoms with Crippen LogP contribution in [-0.4, -0.2) is 48.9 Å². The minimum Gasteiger partial charge on any atom is -0.497 e. The Labute approximate surface area is 223 Å². The predicted octanol–water partition coefficient (Wildman–Crippen LogP) is 5.26. The first-order valence-corrected chi connectivity index (χ1v) is 14.0. The third-order valence-electron chi connectivity index (χ3n) is 6.56. The Morgan fingerprint density at radius 2 is 1.66 bits per heavy atom. The van der Waals surface area contributed by atoms with Crippen molar-refractivity contribution in [2.45, 2.75) is 30.4 Å². The molecule has 1 aliphatic heterocycles. The number of benzene rings is 3. The van der Waals surface area contributed by atoms with Gasteiger partial charge in [-0.2, -0.15) is 9.40 Å². The number of nitrogens with zero attached hydrogens (tertiary/aromatic N) is 3. The van der Waals surface area contributed by atoms with Crippen molar-refractivity contribution < 1.29 is 22.6 Å². The van der Waals surface area contributed by atoms with Crippen molar-refractivity contribution in [3.8, 4) is 28.6 Å². The van der Waals surface area contributed by atoms with E-state index in [4.69, 9.17) is 19.3 Å². The van der Waals surface area contributed by atoms with Crippen molar-refractivity contribution in [3.05, 3.63) is 90.5 Å². The number of sulfonamides is 1. The molecule has 1 saturated heterocycles. The summed E-state index contributed by atoms with van der Waals surface area (Å²) in [5.41, 5.74) is 2.22. The number of methoxy groups -OCH3 is 1. The van der Waals surface area contributed by atoms with E-state index in [-0.39, 0.29) is 24.1 Å². The van der Waals surface area contributed by atoms with Crippen LogP contribution < -0.4 is 9.47 Å². The second-order valence-electron chi connectivity index (χ2n) is 9.15. The zero-order chi connectivity index (χ0) is 26.5. The number of aromatic nitrogens is 2. The number of hydrogen-bond acceptors (Lipinski definition) is 6. The van der Waals surface area contributed by atoms with Crippen LogP contribution in [0.3, 0.4) is 0 Å². The van der Waals surface area contributed by atoms with Crippen molar-refractivity contribution in [3.63, 3.8) is 0 Å². The molecule has 1 aliphatic rings. The van der Waals surface area contributed by atoms with Crippen LogP contribution in [0.25, 0.3) is 11.3 Å². The standard InChI is InChI=1S/C29H31N3O5S/c1-31-29(37-24-12-7-4-8-13-24)27(28(30-31)22-10-5-3-6-11-22)21-32(20-25-14-9-19-36-25)38(33,34)26-17-15-23(35-2)16-18-26/h3-8,10-13,15-18,25H,9,14,19-21H2,1-2H3/t25-/m1/s1. The van der Waals surface area contributed by atoms with Crippen molar-refractivity contribution in [1.29, 1.82) is 0 Å². The van der Waals surface area contributed by atoms with Gasteiger partial charge >= 0.3 is 0 Å². The molecule has 1 fully saturated rings. The van der Waals surface area contributed by atoms with Crippen molar-refractivity contribution in [1.82, 2.24) is 14.1 Å². The van der Waals surface area contributed by atoms with E-state index in [1.54, 1.807) is 43.1 Å². The van der Waals surface area contributed by atoms with Gasteiger partial charge in [-0.15, -0.1) is 0 Å². The van der Waals surface area contributed by atoms with Crippen molar-refractivity contribution in [2.75, 3.05) is 20.3 Å². The molecule has 1 aromatic heterocycles. The normalized spacial score (nSPS) is 15.6. The van der Waals surface area contributed by atoms with E-state index >= 15 is 0 Å². The van der Waals surface area contributed by atoms with Gasteiger partial charge in [-0.25, -0.2) is 13.1 Å². The molecule has 198 valence electrons. The largest absolute Gasteiger partial charge is 0.497 e. The first-order valence-electron chi connectivity index (χ1n) is 12.6. The van der Waals surface area contributed by atoms with Crippen LogP contribution in [-0.2, 0) is 28.4 Å². The maximum atomic E-state index is 14.0. The van der Waals surface area contributed by atoms with Gasteiger partial charge in [0.05, 0.1) is 23.7 Å². The zero-order valence-corrected chi connectivity index (χ0v) is 22.3.